The Morgan fingerprint density at radius 3 is 2.82 bits per heavy atom. The minimum Gasteiger partial charge on any atom is -0.497 e. The van der Waals surface area contributed by atoms with Crippen LogP contribution in [0.1, 0.15) is 5.56 Å². The molecular formula is C13H14N2O2. The van der Waals surface area contributed by atoms with Gasteiger partial charge < -0.3 is 15.2 Å². The van der Waals surface area contributed by atoms with Gasteiger partial charge in [0.1, 0.15) is 17.2 Å². The molecule has 0 aliphatic heterocycles. The lowest BCUT2D eigenvalue weighted by Gasteiger charge is -2.09. The Balaban J connectivity index is 2.24. The minimum absolute atomic E-state index is 0.418. The first-order valence-corrected chi connectivity index (χ1v) is 5.28. The highest BCUT2D eigenvalue weighted by Crippen LogP contribution is 2.26. The first-order valence-electron chi connectivity index (χ1n) is 5.28. The molecule has 4 nitrogen and oxygen atoms in total. The van der Waals surface area contributed by atoms with Crippen molar-refractivity contribution in [3.63, 3.8) is 0 Å². The standard InChI is InChI=1S/C13H14N2O2/c1-16-11-3-2-4-12(7-11)17-13-9-15-6-5-10(13)8-14/h2-7,9H,8,14H2,1H3. The van der Waals surface area contributed by atoms with Crippen LogP contribution in [0.25, 0.3) is 0 Å². The molecule has 0 aliphatic rings. The zero-order chi connectivity index (χ0) is 12.1. The molecule has 0 unspecified atom stereocenters. The number of benzene rings is 1. The van der Waals surface area contributed by atoms with Crippen LogP contribution >= 0.6 is 0 Å². The molecule has 0 aliphatic carbocycles. The van der Waals surface area contributed by atoms with Crippen LogP contribution in [-0.4, -0.2) is 12.1 Å². The van der Waals surface area contributed by atoms with Crippen LogP contribution in [0, 0.1) is 0 Å². The van der Waals surface area contributed by atoms with Gasteiger partial charge in [-0.3, -0.25) is 4.98 Å². The van der Waals surface area contributed by atoms with E-state index in [1.165, 1.54) is 0 Å². The number of aromatic nitrogens is 1. The summed E-state index contributed by atoms with van der Waals surface area (Å²) in [5, 5.41) is 0. The van der Waals surface area contributed by atoms with Gasteiger partial charge >= 0.3 is 0 Å². The highest BCUT2D eigenvalue weighted by atomic mass is 16.5. The predicted molar refractivity (Wildman–Crippen MR) is 65.2 cm³/mol. The van der Waals surface area contributed by atoms with Gasteiger partial charge in [-0.15, -0.1) is 0 Å². The Kier molecular flexibility index (Phi) is 3.57. The fourth-order valence-corrected chi connectivity index (χ4v) is 1.46. The maximum Gasteiger partial charge on any atom is 0.150 e. The van der Waals surface area contributed by atoms with Crippen molar-refractivity contribution in [3.8, 4) is 17.2 Å². The van der Waals surface area contributed by atoms with Crippen molar-refractivity contribution in [2.45, 2.75) is 6.54 Å². The molecular weight excluding hydrogens is 216 g/mol. The quantitative estimate of drug-likeness (QED) is 0.875. The van der Waals surface area contributed by atoms with Crippen LogP contribution in [-0.2, 0) is 6.54 Å². The van der Waals surface area contributed by atoms with Gasteiger partial charge in [0.05, 0.1) is 13.3 Å². The number of hydrogen-bond donors (Lipinski definition) is 1. The van der Waals surface area contributed by atoms with E-state index in [2.05, 4.69) is 4.98 Å². The molecule has 0 amide bonds. The summed E-state index contributed by atoms with van der Waals surface area (Å²) in [4.78, 5) is 4.02. The van der Waals surface area contributed by atoms with E-state index in [0.717, 1.165) is 11.3 Å². The molecule has 0 spiro atoms. The van der Waals surface area contributed by atoms with Crippen LogP contribution < -0.4 is 15.2 Å². The third-order valence-corrected chi connectivity index (χ3v) is 2.36. The van der Waals surface area contributed by atoms with Crippen LogP contribution in [0.5, 0.6) is 17.2 Å². The van der Waals surface area contributed by atoms with Gasteiger partial charge in [0.15, 0.2) is 0 Å². The van der Waals surface area contributed by atoms with Crippen molar-refractivity contribution < 1.29 is 9.47 Å². The van der Waals surface area contributed by atoms with Crippen molar-refractivity contribution >= 4 is 0 Å². The average molecular weight is 230 g/mol. The fraction of sp³-hybridized carbons (Fsp3) is 0.154. The van der Waals surface area contributed by atoms with E-state index in [-0.39, 0.29) is 0 Å². The highest BCUT2D eigenvalue weighted by Gasteiger charge is 2.04. The van der Waals surface area contributed by atoms with Gasteiger partial charge in [0.2, 0.25) is 0 Å². The zero-order valence-electron chi connectivity index (χ0n) is 9.59. The number of nitrogens with zero attached hydrogens (tertiary/aromatic N) is 1. The summed E-state index contributed by atoms with van der Waals surface area (Å²) in [6, 6.07) is 9.24. The summed E-state index contributed by atoms with van der Waals surface area (Å²) in [5.41, 5.74) is 6.55. The number of pyridine rings is 1. The van der Waals surface area contributed by atoms with E-state index >= 15 is 0 Å². The average Bonchev–Trinajstić information content (AvgIpc) is 2.39. The van der Waals surface area contributed by atoms with Gasteiger partial charge in [-0.2, -0.15) is 0 Å². The number of nitrogens with two attached hydrogens (primary N) is 1. The second-order valence-electron chi connectivity index (χ2n) is 3.47. The number of hydrogen-bond acceptors (Lipinski definition) is 4. The van der Waals surface area contributed by atoms with Crippen LogP contribution in [0.4, 0.5) is 0 Å². The van der Waals surface area contributed by atoms with Crippen molar-refractivity contribution in [1.82, 2.24) is 4.98 Å². The normalized spacial score (nSPS) is 10.0. The topological polar surface area (TPSA) is 57.4 Å². The van der Waals surface area contributed by atoms with Crippen LogP contribution in [0.15, 0.2) is 42.7 Å². The zero-order valence-corrected chi connectivity index (χ0v) is 9.59. The van der Waals surface area contributed by atoms with E-state index in [1.54, 1.807) is 19.5 Å². The molecule has 2 N–H and O–H groups in total. The van der Waals surface area contributed by atoms with Crippen LogP contribution in [0.3, 0.4) is 0 Å². The molecule has 0 atom stereocenters. The molecule has 1 heterocycles. The summed E-state index contributed by atoms with van der Waals surface area (Å²) in [5.74, 6) is 2.12. The van der Waals surface area contributed by atoms with Crippen molar-refractivity contribution in [1.29, 1.82) is 0 Å². The molecule has 0 fully saturated rings. The molecule has 0 bridgehead atoms. The monoisotopic (exact) mass is 230 g/mol. The Labute approximate surface area is 100 Å². The maximum absolute atomic E-state index is 5.72. The van der Waals surface area contributed by atoms with Crippen LogP contribution in [0.2, 0.25) is 0 Å². The summed E-state index contributed by atoms with van der Waals surface area (Å²) >= 11 is 0. The predicted octanol–water partition coefficient (Wildman–Crippen LogP) is 2.34. The van der Waals surface area contributed by atoms with E-state index in [9.17, 15) is 0 Å². The molecule has 1 aromatic heterocycles. The van der Waals surface area contributed by atoms with Gasteiger partial charge in [-0.05, 0) is 18.2 Å². The van der Waals surface area contributed by atoms with Crippen molar-refractivity contribution in [2.75, 3.05) is 7.11 Å². The number of rotatable bonds is 4. The van der Waals surface area contributed by atoms with Crippen molar-refractivity contribution in [2.24, 2.45) is 5.73 Å². The number of methoxy groups -OCH3 is 1. The Bertz CT molecular complexity index is 500. The van der Waals surface area contributed by atoms with E-state index in [4.69, 9.17) is 15.2 Å². The minimum atomic E-state index is 0.418. The molecule has 0 radical (unpaired) electrons. The third-order valence-electron chi connectivity index (χ3n) is 2.36. The summed E-state index contributed by atoms with van der Waals surface area (Å²) in [6.07, 6.45) is 3.35. The summed E-state index contributed by atoms with van der Waals surface area (Å²) in [7, 11) is 1.62. The van der Waals surface area contributed by atoms with Gasteiger partial charge in [0.25, 0.3) is 0 Å². The number of ether oxygens (including phenoxy) is 2. The van der Waals surface area contributed by atoms with E-state index in [0.29, 0.717) is 18.0 Å². The lowest BCUT2D eigenvalue weighted by atomic mass is 10.2. The lowest BCUT2D eigenvalue weighted by Crippen LogP contribution is -1.99. The van der Waals surface area contributed by atoms with Gasteiger partial charge in [-0.25, -0.2) is 0 Å². The molecule has 1 aromatic carbocycles. The molecule has 2 aromatic rings. The molecule has 0 saturated carbocycles. The lowest BCUT2D eigenvalue weighted by molar-refractivity contribution is 0.408. The molecule has 88 valence electrons. The molecule has 17 heavy (non-hydrogen) atoms. The summed E-state index contributed by atoms with van der Waals surface area (Å²) < 4.78 is 10.8. The van der Waals surface area contributed by atoms with E-state index in [1.807, 2.05) is 30.3 Å². The SMILES string of the molecule is COc1cccc(Oc2cnccc2CN)c1. The Morgan fingerprint density at radius 1 is 1.24 bits per heavy atom. The largest absolute Gasteiger partial charge is 0.497 e. The third kappa shape index (κ3) is 2.73. The smallest absolute Gasteiger partial charge is 0.150 e. The highest BCUT2D eigenvalue weighted by molar-refractivity contribution is 5.38. The first-order chi connectivity index (χ1) is 8.33. The second-order valence-corrected chi connectivity index (χ2v) is 3.47. The molecule has 2 rings (SSSR count). The Morgan fingerprint density at radius 2 is 2.06 bits per heavy atom. The van der Waals surface area contributed by atoms with Gasteiger partial charge in [-0.1, -0.05) is 6.07 Å². The molecule has 4 heteroatoms. The first kappa shape index (κ1) is 11.4. The second kappa shape index (κ2) is 5.32. The molecule has 0 saturated heterocycles. The van der Waals surface area contributed by atoms with Crippen molar-refractivity contribution in [3.05, 3.63) is 48.3 Å². The van der Waals surface area contributed by atoms with E-state index < -0.39 is 0 Å². The fourth-order valence-electron chi connectivity index (χ4n) is 1.46. The Hall–Kier alpha value is -2.07. The summed E-state index contributed by atoms with van der Waals surface area (Å²) in [6.45, 7) is 0.418. The van der Waals surface area contributed by atoms with Gasteiger partial charge in [0, 0.05) is 24.4 Å². The maximum atomic E-state index is 5.72.